The van der Waals surface area contributed by atoms with Gasteiger partial charge in [-0.15, -0.1) is 0 Å². The van der Waals surface area contributed by atoms with E-state index in [1.54, 1.807) is 18.4 Å². The van der Waals surface area contributed by atoms with Crippen molar-refractivity contribution >= 4 is 11.8 Å². The molecule has 1 aliphatic heterocycles. The number of morpholine rings is 1. The fourth-order valence-corrected chi connectivity index (χ4v) is 2.05. The van der Waals surface area contributed by atoms with E-state index in [0.717, 1.165) is 32.8 Å². The van der Waals surface area contributed by atoms with E-state index >= 15 is 0 Å². The molecule has 7 heteroatoms. The van der Waals surface area contributed by atoms with Crippen LogP contribution in [0.15, 0.2) is 22.8 Å². The van der Waals surface area contributed by atoms with Gasteiger partial charge in [0.1, 0.15) is 12.2 Å². The number of hydrogen-bond acceptors (Lipinski definition) is 5. The molecule has 21 heavy (non-hydrogen) atoms. The number of hydrogen-bond donors (Lipinski definition) is 2. The van der Waals surface area contributed by atoms with Gasteiger partial charge in [0, 0.05) is 26.2 Å². The molecule has 1 aliphatic rings. The third-order valence-electron chi connectivity index (χ3n) is 3.21. The molecule has 0 aromatic carbocycles. The molecule has 2 amide bonds. The quantitative estimate of drug-likeness (QED) is 0.677. The van der Waals surface area contributed by atoms with E-state index in [0.29, 0.717) is 18.8 Å². The van der Waals surface area contributed by atoms with E-state index in [2.05, 4.69) is 15.5 Å². The predicted molar refractivity (Wildman–Crippen MR) is 75.4 cm³/mol. The fraction of sp³-hybridized carbons (Fsp3) is 0.571. The van der Waals surface area contributed by atoms with Gasteiger partial charge >= 0.3 is 0 Å². The topological polar surface area (TPSA) is 83.8 Å². The van der Waals surface area contributed by atoms with Crippen molar-refractivity contribution in [2.24, 2.45) is 0 Å². The Labute approximate surface area is 123 Å². The molecule has 0 spiro atoms. The van der Waals surface area contributed by atoms with Crippen LogP contribution in [0.2, 0.25) is 0 Å². The monoisotopic (exact) mass is 295 g/mol. The third-order valence-corrected chi connectivity index (χ3v) is 3.21. The largest absolute Gasteiger partial charge is 0.467 e. The zero-order valence-electron chi connectivity index (χ0n) is 12.0. The van der Waals surface area contributed by atoms with Crippen LogP contribution in [0.3, 0.4) is 0 Å². The standard InChI is InChI=1S/C14H21N3O4/c18-13(15-3-4-17-5-8-20-9-6-17)10-14(19)16-11-12-2-1-7-21-12/h1-2,7H,3-6,8-11H2,(H,15,18)(H,16,19). The molecule has 0 bridgehead atoms. The number of ether oxygens (including phenoxy) is 1. The molecule has 7 nitrogen and oxygen atoms in total. The Bertz CT molecular complexity index is 441. The Hall–Kier alpha value is -1.86. The van der Waals surface area contributed by atoms with Gasteiger partial charge in [-0.25, -0.2) is 0 Å². The van der Waals surface area contributed by atoms with Crippen molar-refractivity contribution in [2.75, 3.05) is 39.4 Å². The molecule has 2 N–H and O–H groups in total. The van der Waals surface area contributed by atoms with Gasteiger partial charge < -0.3 is 19.8 Å². The lowest BCUT2D eigenvalue weighted by Gasteiger charge is -2.26. The third kappa shape index (κ3) is 5.97. The second-order valence-corrected chi connectivity index (χ2v) is 4.84. The summed E-state index contributed by atoms with van der Waals surface area (Å²) < 4.78 is 10.3. The summed E-state index contributed by atoms with van der Waals surface area (Å²) in [5.74, 6) is 0.0894. The summed E-state index contributed by atoms with van der Waals surface area (Å²) in [7, 11) is 0. The van der Waals surface area contributed by atoms with E-state index in [1.807, 2.05) is 0 Å². The summed E-state index contributed by atoms with van der Waals surface area (Å²) in [5.41, 5.74) is 0. The summed E-state index contributed by atoms with van der Waals surface area (Å²) in [6.07, 6.45) is 1.38. The van der Waals surface area contributed by atoms with Crippen LogP contribution in [0.4, 0.5) is 0 Å². The number of carbonyl (C=O) groups is 2. The SMILES string of the molecule is O=C(CC(=O)NCc1ccco1)NCCN1CCOCC1. The molecule has 1 aromatic rings. The minimum Gasteiger partial charge on any atom is -0.467 e. The first-order valence-corrected chi connectivity index (χ1v) is 7.10. The Morgan fingerprint density at radius 1 is 1.19 bits per heavy atom. The van der Waals surface area contributed by atoms with E-state index in [4.69, 9.17) is 9.15 Å². The summed E-state index contributed by atoms with van der Waals surface area (Å²) >= 11 is 0. The molecule has 2 rings (SSSR count). The molecule has 116 valence electrons. The van der Waals surface area contributed by atoms with Crippen LogP contribution < -0.4 is 10.6 Å². The minimum absolute atomic E-state index is 0.163. The first-order chi connectivity index (χ1) is 10.2. The lowest BCUT2D eigenvalue weighted by molar-refractivity contribution is -0.129. The molecule has 0 saturated carbocycles. The molecular formula is C14H21N3O4. The van der Waals surface area contributed by atoms with Gasteiger partial charge in [-0.2, -0.15) is 0 Å². The second kappa shape index (κ2) is 8.43. The molecule has 0 atom stereocenters. The molecule has 1 aromatic heterocycles. The maximum Gasteiger partial charge on any atom is 0.229 e. The number of nitrogens with one attached hydrogen (secondary N) is 2. The van der Waals surface area contributed by atoms with E-state index in [1.165, 1.54) is 0 Å². The summed E-state index contributed by atoms with van der Waals surface area (Å²) in [6, 6.07) is 3.52. The van der Waals surface area contributed by atoms with Crippen LogP contribution in [-0.4, -0.2) is 56.1 Å². The Kier molecular flexibility index (Phi) is 6.23. The Morgan fingerprint density at radius 3 is 2.67 bits per heavy atom. The van der Waals surface area contributed by atoms with Crippen LogP contribution in [0.5, 0.6) is 0 Å². The number of nitrogens with zero attached hydrogens (tertiary/aromatic N) is 1. The van der Waals surface area contributed by atoms with E-state index < -0.39 is 0 Å². The minimum atomic E-state index is -0.310. The molecule has 0 unspecified atom stereocenters. The van der Waals surface area contributed by atoms with Gasteiger partial charge in [0.2, 0.25) is 11.8 Å². The summed E-state index contributed by atoms with van der Waals surface area (Å²) in [5, 5.41) is 5.38. The normalized spacial score (nSPS) is 15.6. The van der Waals surface area contributed by atoms with Crippen molar-refractivity contribution in [3.63, 3.8) is 0 Å². The van der Waals surface area contributed by atoms with Crippen molar-refractivity contribution in [1.82, 2.24) is 15.5 Å². The molecule has 1 saturated heterocycles. The molecule has 0 radical (unpaired) electrons. The number of carbonyl (C=O) groups excluding carboxylic acids is 2. The van der Waals surface area contributed by atoms with Crippen molar-refractivity contribution in [3.8, 4) is 0 Å². The fourth-order valence-electron chi connectivity index (χ4n) is 2.05. The van der Waals surface area contributed by atoms with E-state index in [9.17, 15) is 9.59 Å². The molecule has 1 fully saturated rings. The van der Waals surface area contributed by atoms with Gasteiger partial charge in [0.05, 0.1) is 26.0 Å². The maximum atomic E-state index is 11.6. The zero-order valence-corrected chi connectivity index (χ0v) is 12.0. The van der Waals surface area contributed by atoms with Crippen LogP contribution in [0.1, 0.15) is 12.2 Å². The lowest BCUT2D eigenvalue weighted by atomic mass is 10.3. The van der Waals surface area contributed by atoms with E-state index in [-0.39, 0.29) is 18.2 Å². The highest BCUT2D eigenvalue weighted by Crippen LogP contribution is 1.98. The molecular weight excluding hydrogens is 274 g/mol. The summed E-state index contributed by atoms with van der Waals surface area (Å²) in [6.45, 7) is 4.88. The smallest absolute Gasteiger partial charge is 0.229 e. The van der Waals surface area contributed by atoms with Gasteiger partial charge in [0.15, 0.2) is 0 Å². The van der Waals surface area contributed by atoms with Crippen molar-refractivity contribution in [3.05, 3.63) is 24.2 Å². The zero-order chi connectivity index (χ0) is 14.9. The highest BCUT2D eigenvalue weighted by Gasteiger charge is 2.12. The van der Waals surface area contributed by atoms with Gasteiger partial charge in [-0.1, -0.05) is 0 Å². The van der Waals surface area contributed by atoms with Gasteiger partial charge in [-0.3, -0.25) is 14.5 Å². The first kappa shape index (κ1) is 15.5. The molecule has 2 heterocycles. The van der Waals surface area contributed by atoms with Crippen LogP contribution >= 0.6 is 0 Å². The number of amides is 2. The lowest BCUT2D eigenvalue weighted by Crippen LogP contribution is -2.42. The average molecular weight is 295 g/mol. The predicted octanol–water partition coefficient (Wildman–Crippen LogP) is -0.266. The van der Waals surface area contributed by atoms with Crippen molar-refractivity contribution in [1.29, 1.82) is 0 Å². The first-order valence-electron chi connectivity index (χ1n) is 7.10. The summed E-state index contributed by atoms with van der Waals surface area (Å²) in [4.78, 5) is 25.4. The average Bonchev–Trinajstić information content (AvgIpc) is 2.99. The van der Waals surface area contributed by atoms with Gasteiger partial charge in [0.25, 0.3) is 0 Å². The van der Waals surface area contributed by atoms with Crippen molar-refractivity contribution < 1.29 is 18.7 Å². The number of rotatable bonds is 7. The van der Waals surface area contributed by atoms with Gasteiger partial charge in [-0.05, 0) is 12.1 Å². The van der Waals surface area contributed by atoms with Crippen molar-refractivity contribution in [2.45, 2.75) is 13.0 Å². The van der Waals surface area contributed by atoms with Crippen LogP contribution in [0, 0.1) is 0 Å². The highest BCUT2D eigenvalue weighted by molar-refractivity contribution is 5.96. The second-order valence-electron chi connectivity index (χ2n) is 4.84. The Balaban J connectivity index is 1.54. The highest BCUT2D eigenvalue weighted by atomic mass is 16.5. The van der Waals surface area contributed by atoms with Crippen LogP contribution in [-0.2, 0) is 20.9 Å². The molecule has 0 aliphatic carbocycles. The Morgan fingerprint density at radius 2 is 1.95 bits per heavy atom. The maximum absolute atomic E-state index is 11.6. The van der Waals surface area contributed by atoms with Crippen LogP contribution in [0.25, 0.3) is 0 Å². The number of furan rings is 1.